The molecule has 0 unspecified atom stereocenters. The van der Waals surface area contributed by atoms with E-state index in [-0.39, 0.29) is 12.6 Å². The van der Waals surface area contributed by atoms with E-state index in [1.54, 1.807) is 0 Å². The first kappa shape index (κ1) is 9.59. The molecule has 0 aromatic carbocycles. The van der Waals surface area contributed by atoms with Crippen LogP contribution in [0.1, 0.15) is 12.8 Å². The molecule has 0 amide bonds. The third-order valence-corrected chi connectivity index (χ3v) is 3.06. The second-order valence-electron chi connectivity index (χ2n) is 4.23. The molecule has 3 N–H and O–H groups in total. The second-order valence-corrected chi connectivity index (χ2v) is 4.23. The van der Waals surface area contributed by atoms with Crippen LogP contribution in [0, 0.1) is 5.92 Å². The summed E-state index contributed by atoms with van der Waals surface area (Å²) in [5.74, 6) is 1.39. The SMILES string of the molecule is OC[C@@H](Nc1ncnc2[nH]ccc12)C1CC1. The van der Waals surface area contributed by atoms with Gasteiger partial charge in [-0.25, -0.2) is 9.97 Å². The van der Waals surface area contributed by atoms with Crippen molar-refractivity contribution in [2.45, 2.75) is 18.9 Å². The number of aliphatic hydroxyl groups is 1. The Hall–Kier alpha value is -1.62. The zero-order valence-electron chi connectivity index (χ0n) is 8.85. The Morgan fingerprint density at radius 2 is 2.38 bits per heavy atom. The first-order valence-corrected chi connectivity index (χ1v) is 5.54. The van der Waals surface area contributed by atoms with Crippen molar-refractivity contribution < 1.29 is 5.11 Å². The summed E-state index contributed by atoms with van der Waals surface area (Å²) in [5, 5.41) is 13.6. The first-order valence-electron chi connectivity index (χ1n) is 5.54. The van der Waals surface area contributed by atoms with Crippen LogP contribution in [0.3, 0.4) is 0 Å². The van der Waals surface area contributed by atoms with Crippen molar-refractivity contribution >= 4 is 16.9 Å². The van der Waals surface area contributed by atoms with Crippen LogP contribution >= 0.6 is 0 Å². The Morgan fingerprint density at radius 1 is 1.50 bits per heavy atom. The number of hydrogen-bond donors (Lipinski definition) is 3. The lowest BCUT2D eigenvalue weighted by molar-refractivity contribution is 0.263. The van der Waals surface area contributed by atoms with E-state index in [9.17, 15) is 5.11 Å². The van der Waals surface area contributed by atoms with Crippen LogP contribution in [0.25, 0.3) is 11.0 Å². The molecule has 5 nitrogen and oxygen atoms in total. The number of aliphatic hydroxyl groups excluding tert-OH is 1. The fourth-order valence-corrected chi connectivity index (χ4v) is 1.97. The van der Waals surface area contributed by atoms with Crippen LogP contribution < -0.4 is 5.32 Å². The van der Waals surface area contributed by atoms with Gasteiger partial charge in [-0.15, -0.1) is 0 Å². The normalized spacial score (nSPS) is 17.6. The number of nitrogens with zero attached hydrogens (tertiary/aromatic N) is 2. The van der Waals surface area contributed by atoms with Crippen LogP contribution in [0.15, 0.2) is 18.6 Å². The van der Waals surface area contributed by atoms with Crippen LogP contribution in [-0.4, -0.2) is 32.7 Å². The highest BCUT2D eigenvalue weighted by atomic mass is 16.3. The molecule has 2 heterocycles. The van der Waals surface area contributed by atoms with Gasteiger partial charge in [0.2, 0.25) is 0 Å². The van der Waals surface area contributed by atoms with E-state index in [1.165, 1.54) is 19.2 Å². The number of aromatic nitrogens is 3. The average molecular weight is 218 g/mol. The predicted molar refractivity (Wildman–Crippen MR) is 61.1 cm³/mol. The van der Waals surface area contributed by atoms with Gasteiger partial charge < -0.3 is 15.4 Å². The standard InChI is InChI=1S/C11H14N4O/c16-5-9(7-1-2-7)15-11-8-3-4-12-10(8)13-6-14-11/h3-4,6-7,9,16H,1-2,5H2,(H2,12,13,14,15)/t9-/m1/s1. The minimum absolute atomic E-state index is 0.119. The van der Waals surface area contributed by atoms with Gasteiger partial charge in [0.05, 0.1) is 18.0 Å². The summed E-state index contributed by atoms with van der Waals surface area (Å²) >= 11 is 0. The Bertz CT molecular complexity index is 491. The quantitative estimate of drug-likeness (QED) is 0.719. The summed E-state index contributed by atoms with van der Waals surface area (Å²) in [6, 6.07) is 2.06. The van der Waals surface area contributed by atoms with E-state index in [4.69, 9.17) is 0 Å². The summed E-state index contributed by atoms with van der Waals surface area (Å²) in [6.45, 7) is 0.153. The van der Waals surface area contributed by atoms with Gasteiger partial charge in [-0.05, 0) is 24.8 Å². The summed E-state index contributed by atoms with van der Waals surface area (Å²) in [7, 11) is 0. The molecule has 0 spiro atoms. The summed E-state index contributed by atoms with van der Waals surface area (Å²) in [5.41, 5.74) is 0.824. The summed E-state index contributed by atoms with van der Waals surface area (Å²) < 4.78 is 0. The van der Waals surface area contributed by atoms with Crippen LogP contribution in [0.5, 0.6) is 0 Å². The Morgan fingerprint density at radius 3 is 3.12 bits per heavy atom. The monoisotopic (exact) mass is 218 g/mol. The molecule has 0 aliphatic heterocycles. The number of rotatable bonds is 4. The van der Waals surface area contributed by atoms with Gasteiger partial charge in [0.15, 0.2) is 0 Å². The Kier molecular flexibility index (Phi) is 2.25. The highest BCUT2D eigenvalue weighted by Crippen LogP contribution is 2.34. The van der Waals surface area contributed by atoms with E-state index in [0.29, 0.717) is 5.92 Å². The van der Waals surface area contributed by atoms with Crippen molar-refractivity contribution in [1.29, 1.82) is 0 Å². The van der Waals surface area contributed by atoms with E-state index in [2.05, 4.69) is 20.3 Å². The van der Waals surface area contributed by atoms with E-state index in [0.717, 1.165) is 16.9 Å². The van der Waals surface area contributed by atoms with Crippen LogP contribution in [0.4, 0.5) is 5.82 Å². The number of hydrogen-bond acceptors (Lipinski definition) is 4. The number of anilines is 1. The van der Waals surface area contributed by atoms with Crippen molar-refractivity contribution in [1.82, 2.24) is 15.0 Å². The largest absolute Gasteiger partial charge is 0.394 e. The molecule has 2 aromatic rings. The number of H-pyrrole nitrogens is 1. The molecule has 5 heteroatoms. The van der Waals surface area contributed by atoms with Gasteiger partial charge in [0, 0.05) is 6.20 Å². The molecule has 0 saturated heterocycles. The number of fused-ring (bicyclic) bond motifs is 1. The van der Waals surface area contributed by atoms with E-state index < -0.39 is 0 Å². The zero-order valence-corrected chi connectivity index (χ0v) is 8.85. The van der Waals surface area contributed by atoms with Crippen molar-refractivity contribution in [3.8, 4) is 0 Å². The second kappa shape index (κ2) is 3.75. The maximum absolute atomic E-state index is 9.31. The van der Waals surface area contributed by atoms with Gasteiger partial charge in [-0.3, -0.25) is 0 Å². The molecule has 16 heavy (non-hydrogen) atoms. The highest BCUT2D eigenvalue weighted by Gasteiger charge is 2.31. The van der Waals surface area contributed by atoms with Gasteiger partial charge in [0.25, 0.3) is 0 Å². The van der Waals surface area contributed by atoms with Gasteiger partial charge in [-0.1, -0.05) is 0 Å². The topological polar surface area (TPSA) is 73.8 Å². The fourth-order valence-electron chi connectivity index (χ4n) is 1.97. The fraction of sp³-hybridized carbons (Fsp3) is 0.455. The predicted octanol–water partition coefficient (Wildman–Crippen LogP) is 1.14. The van der Waals surface area contributed by atoms with Gasteiger partial charge >= 0.3 is 0 Å². The van der Waals surface area contributed by atoms with Crippen molar-refractivity contribution in [2.24, 2.45) is 5.92 Å². The Labute approximate surface area is 92.9 Å². The Balaban J connectivity index is 1.89. The maximum Gasteiger partial charge on any atom is 0.142 e. The molecule has 1 aliphatic carbocycles. The molecule has 0 radical (unpaired) electrons. The lowest BCUT2D eigenvalue weighted by Gasteiger charge is -2.16. The molecule has 0 bridgehead atoms. The molecule has 1 atom stereocenters. The highest BCUT2D eigenvalue weighted by molar-refractivity contribution is 5.86. The van der Waals surface area contributed by atoms with Gasteiger partial charge in [0.1, 0.15) is 17.8 Å². The number of nitrogens with one attached hydrogen (secondary N) is 2. The van der Waals surface area contributed by atoms with E-state index in [1.807, 2.05) is 12.3 Å². The van der Waals surface area contributed by atoms with Crippen molar-refractivity contribution in [3.05, 3.63) is 18.6 Å². The minimum Gasteiger partial charge on any atom is -0.394 e. The van der Waals surface area contributed by atoms with Gasteiger partial charge in [-0.2, -0.15) is 0 Å². The third-order valence-electron chi connectivity index (χ3n) is 3.06. The zero-order chi connectivity index (χ0) is 11.0. The molecular weight excluding hydrogens is 204 g/mol. The number of aromatic amines is 1. The smallest absolute Gasteiger partial charge is 0.142 e. The van der Waals surface area contributed by atoms with Crippen molar-refractivity contribution in [3.63, 3.8) is 0 Å². The van der Waals surface area contributed by atoms with Crippen LogP contribution in [-0.2, 0) is 0 Å². The molecular formula is C11H14N4O. The minimum atomic E-state index is 0.119. The summed E-state index contributed by atoms with van der Waals surface area (Å²) in [4.78, 5) is 11.4. The molecule has 84 valence electrons. The summed E-state index contributed by atoms with van der Waals surface area (Å²) in [6.07, 6.45) is 5.76. The maximum atomic E-state index is 9.31. The average Bonchev–Trinajstić information content (AvgIpc) is 3.03. The lowest BCUT2D eigenvalue weighted by Crippen LogP contribution is -2.26. The molecule has 1 fully saturated rings. The van der Waals surface area contributed by atoms with Crippen molar-refractivity contribution in [2.75, 3.05) is 11.9 Å². The lowest BCUT2D eigenvalue weighted by atomic mass is 10.2. The molecule has 3 rings (SSSR count). The molecule has 1 saturated carbocycles. The third kappa shape index (κ3) is 1.63. The van der Waals surface area contributed by atoms with E-state index >= 15 is 0 Å². The van der Waals surface area contributed by atoms with Crippen LogP contribution in [0.2, 0.25) is 0 Å². The first-order chi connectivity index (χ1) is 7.88. The molecule has 1 aliphatic rings. The molecule has 2 aromatic heterocycles.